The first kappa shape index (κ1) is 19.1. The van der Waals surface area contributed by atoms with E-state index in [1.165, 1.54) is 0 Å². The Hall–Kier alpha value is -2.24. The first-order valence-corrected chi connectivity index (χ1v) is 8.58. The van der Waals surface area contributed by atoms with E-state index in [0.29, 0.717) is 24.0 Å². The molecule has 0 saturated carbocycles. The summed E-state index contributed by atoms with van der Waals surface area (Å²) in [6.45, 7) is 2.88. The lowest BCUT2D eigenvalue weighted by molar-refractivity contribution is 0.0697. The fraction of sp³-hybridized carbons (Fsp3) is 0.316. The van der Waals surface area contributed by atoms with Crippen LogP contribution in [0.15, 0.2) is 48.5 Å². The molecule has 0 aliphatic rings. The molecule has 0 unspecified atom stereocenters. The lowest BCUT2D eigenvalue weighted by atomic mass is 10.2. The van der Waals surface area contributed by atoms with Crippen LogP contribution in [0, 0.1) is 0 Å². The Bertz CT molecular complexity index is 643. The number of carboxylic acid groups (broad SMARTS) is 1. The van der Waals surface area contributed by atoms with Crippen molar-refractivity contribution in [2.45, 2.75) is 12.8 Å². The zero-order chi connectivity index (χ0) is 17.9. The summed E-state index contributed by atoms with van der Waals surface area (Å²) in [6, 6.07) is 13.7. The highest BCUT2D eigenvalue weighted by Gasteiger charge is 2.01. The van der Waals surface area contributed by atoms with E-state index < -0.39 is 5.97 Å². The number of carbonyl (C=O) groups is 1. The van der Waals surface area contributed by atoms with Gasteiger partial charge in [-0.1, -0.05) is 11.6 Å². The number of rotatable bonds is 11. The van der Waals surface area contributed by atoms with Crippen LogP contribution in [-0.4, -0.2) is 37.4 Å². The Morgan fingerprint density at radius 1 is 0.880 bits per heavy atom. The summed E-state index contributed by atoms with van der Waals surface area (Å²) in [4.78, 5) is 10.8. The largest absolute Gasteiger partial charge is 0.494 e. The van der Waals surface area contributed by atoms with E-state index in [9.17, 15) is 4.79 Å². The van der Waals surface area contributed by atoms with Gasteiger partial charge in [0.05, 0.1) is 12.2 Å². The zero-order valence-corrected chi connectivity index (χ0v) is 14.7. The van der Waals surface area contributed by atoms with Gasteiger partial charge in [0, 0.05) is 11.6 Å². The highest BCUT2D eigenvalue weighted by atomic mass is 35.5. The van der Waals surface area contributed by atoms with E-state index in [0.717, 1.165) is 31.7 Å². The highest BCUT2D eigenvalue weighted by Crippen LogP contribution is 2.15. The Balaban J connectivity index is 1.46. The van der Waals surface area contributed by atoms with Crippen molar-refractivity contribution >= 4 is 17.6 Å². The molecule has 6 heteroatoms. The Labute approximate surface area is 152 Å². The maximum atomic E-state index is 10.8. The van der Waals surface area contributed by atoms with Crippen molar-refractivity contribution in [1.29, 1.82) is 0 Å². The van der Waals surface area contributed by atoms with Crippen LogP contribution in [0.2, 0.25) is 5.02 Å². The third-order valence-electron chi connectivity index (χ3n) is 3.48. The molecular weight excluding hydrogens is 342 g/mol. The minimum absolute atomic E-state index is 0.261. The Morgan fingerprint density at radius 2 is 1.48 bits per heavy atom. The molecule has 2 aromatic carbocycles. The summed E-state index contributed by atoms with van der Waals surface area (Å²) in [5, 5.41) is 12.8. The number of nitrogens with one attached hydrogen (secondary N) is 1. The first-order valence-electron chi connectivity index (χ1n) is 8.20. The van der Waals surface area contributed by atoms with Crippen molar-refractivity contribution in [3.8, 4) is 11.5 Å². The van der Waals surface area contributed by atoms with Crippen molar-refractivity contribution in [3.05, 3.63) is 59.1 Å². The van der Waals surface area contributed by atoms with Gasteiger partial charge in [-0.25, -0.2) is 4.79 Å². The topological polar surface area (TPSA) is 67.8 Å². The lowest BCUT2D eigenvalue weighted by Crippen LogP contribution is -2.22. The summed E-state index contributed by atoms with van der Waals surface area (Å²) in [6.07, 6.45) is 1.92. The maximum absolute atomic E-state index is 10.8. The zero-order valence-electron chi connectivity index (χ0n) is 13.9. The van der Waals surface area contributed by atoms with Crippen LogP contribution in [0.5, 0.6) is 11.5 Å². The normalized spacial score (nSPS) is 10.4. The van der Waals surface area contributed by atoms with Gasteiger partial charge in [0.2, 0.25) is 0 Å². The van der Waals surface area contributed by atoms with Crippen LogP contribution in [0.4, 0.5) is 0 Å². The fourth-order valence-corrected chi connectivity index (χ4v) is 2.26. The Kier molecular flexibility index (Phi) is 8.09. The minimum Gasteiger partial charge on any atom is -0.494 e. The molecule has 0 heterocycles. The second-order valence-corrected chi connectivity index (χ2v) is 5.87. The molecule has 25 heavy (non-hydrogen) atoms. The van der Waals surface area contributed by atoms with Crippen molar-refractivity contribution in [1.82, 2.24) is 5.32 Å². The molecular formula is C19H22ClNO4. The quantitative estimate of drug-likeness (QED) is 0.593. The third-order valence-corrected chi connectivity index (χ3v) is 3.73. The van der Waals surface area contributed by atoms with Gasteiger partial charge in [0.1, 0.15) is 18.1 Å². The summed E-state index contributed by atoms with van der Waals surface area (Å²) < 4.78 is 11.2. The van der Waals surface area contributed by atoms with E-state index in [2.05, 4.69) is 5.32 Å². The number of hydrogen-bond acceptors (Lipinski definition) is 4. The smallest absolute Gasteiger partial charge is 0.335 e. The molecule has 0 amide bonds. The molecule has 0 atom stereocenters. The van der Waals surface area contributed by atoms with E-state index in [4.69, 9.17) is 26.2 Å². The van der Waals surface area contributed by atoms with Gasteiger partial charge in [-0.2, -0.15) is 0 Å². The van der Waals surface area contributed by atoms with Crippen LogP contribution in [0.25, 0.3) is 0 Å². The van der Waals surface area contributed by atoms with Crippen LogP contribution in [0.3, 0.4) is 0 Å². The second-order valence-electron chi connectivity index (χ2n) is 5.44. The first-order chi connectivity index (χ1) is 12.1. The molecule has 0 aromatic heterocycles. The molecule has 2 rings (SSSR count). The summed E-state index contributed by atoms with van der Waals surface area (Å²) in [7, 11) is 0. The number of hydrogen-bond donors (Lipinski definition) is 2. The number of aromatic carboxylic acids is 1. The summed E-state index contributed by atoms with van der Waals surface area (Å²) >= 11 is 5.81. The van der Waals surface area contributed by atoms with Crippen LogP contribution in [-0.2, 0) is 0 Å². The summed E-state index contributed by atoms with van der Waals surface area (Å²) in [5.41, 5.74) is 0.261. The molecule has 2 N–H and O–H groups in total. The predicted octanol–water partition coefficient (Wildman–Crippen LogP) is 3.87. The molecule has 0 bridgehead atoms. The van der Waals surface area contributed by atoms with E-state index in [1.807, 2.05) is 12.1 Å². The molecule has 0 aliphatic heterocycles. The molecule has 0 aliphatic carbocycles. The molecule has 0 fully saturated rings. The van der Waals surface area contributed by atoms with E-state index >= 15 is 0 Å². The SMILES string of the molecule is O=C(O)c1ccc(OCCCCNCCOc2ccc(Cl)cc2)cc1. The number of halogens is 1. The molecule has 5 nitrogen and oxygen atoms in total. The van der Waals surface area contributed by atoms with Crippen molar-refractivity contribution in [2.75, 3.05) is 26.3 Å². The van der Waals surface area contributed by atoms with Gasteiger partial charge < -0.3 is 19.9 Å². The lowest BCUT2D eigenvalue weighted by Gasteiger charge is -2.08. The molecule has 0 radical (unpaired) electrons. The number of ether oxygens (including phenoxy) is 2. The number of carboxylic acids is 1. The van der Waals surface area contributed by atoms with Crippen molar-refractivity contribution in [2.24, 2.45) is 0 Å². The second kappa shape index (κ2) is 10.6. The average Bonchev–Trinajstić information content (AvgIpc) is 2.62. The molecule has 2 aromatic rings. The van der Waals surface area contributed by atoms with Crippen molar-refractivity contribution in [3.63, 3.8) is 0 Å². The van der Waals surface area contributed by atoms with Crippen LogP contribution in [0.1, 0.15) is 23.2 Å². The van der Waals surface area contributed by atoms with E-state index in [1.54, 1.807) is 36.4 Å². The highest BCUT2D eigenvalue weighted by molar-refractivity contribution is 6.30. The van der Waals surface area contributed by atoms with Gasteiger partial charge in [-0.05, 0) is 67.9 Å². The standard InChI is InChI=1S/C19H22ClNO4/c20-16-5-9-18(10-6-16)25-14-12-21-11-1-2-13-24-17-7-3-15(4-8-17)19(22)23/h3-10,21H,1-2,11-14H2,(H,22,23). The van der Waals surface area contributed by atoms with Gasteiger partial charge >= 0.3 is 5.97 Å². The average molecular weight is 364 g/mol. The molecule has 134 valence electrons. The monoisotopic (exact) mass is 363 g/mol. The predicted molar refractivity (Wildman–Crippen MR) is 97.9 cm³/mol. The van der Waals surface area contributed by atoms with Crippen molar-refractivity contribution < 1.29 is 19.4 Å². The van der Waals surface area contributed by atoms with E-state index in [-0.39, 0.29) is 5.56 Å². The third kappa shape index (κ3) is 7.45. The minimum atomic E-state index is -0.933. The van der Waals surface area contributed by atoms with Gasteiger partial charge in [-0.15, -0.1) is 0 Å². The number of unbranched alkanes of at least 4 members (excludes halogenated alkanes) is 1. The van der Waals surface area contributed by atoms with Gasteiger partial charge in [0.15, 0.2) is 0 Å². The van der Waals surface area contributed by atoms with Crippen LogP contribution >= 0.6 is 11.6 Å². The Morgan fingerprint density at radius 3 is 2.12 bits per heavy atom. The van der Waals surface area contributed by atoms with Crippen LogP contribution < -0.4 is 14.8 Å². The van der Waals surface area contributed by atoms with Gasteiger partial charge in [-0.3, -0.25) is 0 Å². The molecule has 0 spiro atoms. The fourth-order valence-electron chi connectivity index (χ4n) is 2.13. The summed E-state index contributed by atoms with van der Waals surface area (Å²) in [5.74, 6) is 0.570. The number of benzene rings is 2. The molecule has 0 saturated heterocycles. The van der Waals surface area contributed by atoms with Gasteiger partial charge in [0.25, 0.3) is 0 Å². The maximum Gasteiger partial charge on any atom is 0.335 e.